The molecule has 0 radical (unpaired) electrons. The van der Waals surface area contributed by atoms with Crippen molar-refractivity contribution in [2.75, 3.05) is 26.2 Å². The third kappa shape index (κ3) is 3.88. The van der Waals surface area contributed by atoms with Crippen molar-refractivity contribution in [2.45, 2.75) is 51.0 Å². The quantitative estimate of drug-likeness (QED) is 0.836. The number of hydrogen-bond donors (Lipinski definition) is 2. The molecule has 2 heterocycles. The van der Waals surface area contributed by atoms with Gasteiger partial charge in [0.05, 0.1) is 5.41 Å². The van der Waals surface area contributed by atoms with Crippen LogP contribution in [-0.4, -0.2) is 48.9 Å². The van der Waals surface area contributed by atoms with Gasteiger partial charge in [-0.05, 0) is 43.7 Å². The predicted molar refractivity (Wildman–Crippen MR) is 105 cm³/mol. The molecule has 1 aromatic carbocycles. The van der Waals surface area contributed by atoms with E-state index in [1.807, 2.05) is 23.1 Å². The van der Waals surface area contributed by atoms with E-state index in [0.717, 1.165) is 51.7 Å². The Morgan fingerprint density at radius 3 is 2.89 bits per heavy atom. The Morgan fingerprint density at radius 1 is 1.19 bits per heavy atom. The van der Waals surface area contributed by atoms with Gasteiger partial charge in [0, 0.05) is 32.1 Å². The lowest BCUT2D eigenvalue weighted by Gasteiger charge is -2.37. The molecule has 0 aromatic heterocycles. The van der Waals surface area contributed by atoms with Crippen molar-refractivity contribution < 1.29 is 9.59 Å². The third-order valence-corrected chi connectivity index (χ3v) is 6.84. The number of rotatable bonds is 5. The molecule has 1 saturated carbocycles. The normalized spacial score (nSPS) is 30.1. The van der Waals surface area contributed by atoms with Crippen molar-refractivity contribution in [1.82, 2.24) is 15.5 Å². The molecule has 1 unspecified atom stereocenters. The van der Waals surface area contributed by atoms with Gasteiger partial charge in [-0.1, -0.05) is 43.2 Å². The highest BCUT2D eigenvalue weighted by atomic mass is 16.2. The third-order valence-electron chi connectivity index (χ3n) is 6.84. The zero-order valence-electron chi connectivity index (χ0n) is 16.1. The Balaban J connectivity index is 1.28. The topological polar surface area (TPSA) is 61.4 Å². The molecule has 2 aliphatic heterocycles. The zero-order valence-corrected chi connectivity index (χ0v) is 16.1. The molecule has 5 nitrogen and oxygen atoms in total. The van der Waals surface area contributed by atoms with Crippen LogP contribution < -0.4 is 10.6 Å². The number of aryl methyl sites for hydroxylation is 1. The van der Waals surface area contributed by atoms with Crippen LogP contribution in [-0.2, 0) is 16.0 Å². The van der Waals surface area contributed by atoms with Crippen molar-refractivity contribution in [2.24, 2.45) is 11.3 Å². The fourth-order valence-corrected chi connectivity index (χ4v) is 5.18. The lowest BCUT2D eigenvalue weighted by Crippen LogP contribution is -2.51. The van der Waals surface area contributed by atoms with E-state index in [-0.39, 0.29) is 23.3 Å². The van der Waals surface area contributed by atoms with Gasteiger partial charge in [-0.3, -0.25) is 9.59 Å². The summed E-state index contributed by atoms with van der Waals surface area (Å²) in [5, 5.41) is 6.74. The van der Waals surface area contributed by atoms with Crippen LogP contribution in [0.2, 0.25) is 0 Å². The van der Waals surface area contributed by atoms with Crippen LogP contribution in [0.4, 0.5) is 0 Å². The predicted octanol–water partition coefficient (Wildman–Crippen LogP) is 2.12. The summed E-state index contributed by atoms with van der Waals surface area (Å²) in [4.78, 5) is 27.6. The minimum absolute atomic E-state index is 0.107. The molecule has 5 heteroatoms. The molecule has 4 rings (SSSR count). The van der Waals surface area contributed by atoms with Crippen LogP contribution in [0.25, 0.3) is 0 Å². The van der Waals surface area contributed by atoms with E-state index < -0.39 is 0 Å². The highest BCUT2D eigenvalue weighted by Gasteiger charge is 2.50. The fraction of sp³-hybridized carbons (Fsp3) is 0.636. The van der Waals surface area contributed by atoms with Crippen LogP contribution in [0.5, 0.6) is 0 Å². The smallest absolute Gasteiger partial charge is 0.228 e. The molecular formula is C22H31N3O2. The van der Waals surface area contributed by atoms with Gasteiger partial charge in [0.15, 0.2) is 0 Å². The Morgan fingerprint density at radius 2 is 2.04 bits per heavy atom. The summed E-state index contributed by atoms with van der Waals surface area (Å²) in [6.45, 7) is 3.21. The first-order valence-electron chi connectivity index (χ1n) is 10.5. The molecule has 2 saturated heterocycles. The lowest BCUT2D eigenvalue weighted by molar-refractivity contribution is -0.135. The number of nitrogens with zero attached hydrogens (tertiary/aromatic N) is 1. The van der Waals surface area contributed by atoms with Gasteiger partial charge in [-0.15, -0.1) is 0 Å². The molecule has 27 heavy (non-hydrogen) atoms. The number of likely N-dealkylation sites (tertiary alicyclic amines) is 1. The minimum Gasteiger partial charge on any atom is -0.351 e. The number of fused-ring (bicyclic) bond motifs is 1. The molecule has 2 amide bonds. The summed E-state index contributed by atoms with van der Waals surface area (Å²) in [6, 6.07) is 10.3. The second-order valence-electron chi connectivity index (χ2n) is 8.51. The van der Waals surface area contributed by atoms with E-state index in [9.17, 15) is 9.59 Å². The summed E-state index contributed by atoms with van der Waals surface area (Å²) in [5.41, 5.74) is 0.995. The standard InChI is InChI=1S/C22H31N3O2/c26-20(10-9-17-6-2-1-3-7-17)25-13-11-19(15-25)24-21(27)22-12-5-4-8-18(22)14-23-16-22/h1-3,6-7,18-19,23H,4-5,8-16H2,(H,24,27)/t18-,19?,22+/m0/s1. The van der Waals surface area contributed by atoms with Crippen LogP contribution >= 0.6 is 0 Å². The van der Waals surface area contributed by atoms with Gasteiger partial charge >= 0.3 is 0 Å². The summed E-state index contributed by atoms with van der Waals surface area (Å²) < 4.78 is 0. The van der Waals surface area contributed by atoms with E-state index >= 15 is 0 Å². The van der Waals surface area contributed by atoms with E-state index in [1.54, 1.807) is 0 Å². The molecule has 0 bridgehead atoms. The van der Waals surface area contributed by atoms with Crippen molar-refractivity contribution in [1.29, 1.82) is 0 Å². The molecule has 1 aliphatic carbocycles. The molecule has 3 atom stereocenters. The number of nitrogens with one attached hydrogen (secondary N) is 2. The van der Waals surface area contributed by atoms with E-state index in [0.29, 0.717) is 18.9 Å². The van der Waals surface area contributed by atoms with Crippen LogP contribution in [0, 0.1) is 11.3 Å². The molecule has 1 aromatic rings. The van der Waals surface area contributed by atoms with Crippen molar-refractivity contribution in [3.05, 3.63) is 35.9 Å². The second-order valence-corrected chi connectivity index (χ2v) is 8.51. The first-order chi connectivity index (χ1) is 13.2. The number of benzene rings is 1. The van der Waals surface area contributed by atoms with Crippen LogP contribution in [0.15, 0.2) is 30.3 Å². The van der Waals surface area contributed by atoms with Gasteiger partial charge in [-0.2, -0.15) is 0 Å². The maximum absolute atomic E-state index is 13.1. The highest BCUT2D eigenvalue weighted by Crippen LogP contribution is 2.44. The Kier molecular flexibility index (Phi) is 5.48. The average Bonchev–Trinajstić information content (AvgIpc) is 3.34. The monoisotopic (exact) mass is 369 g/mol. The Hall–Kier alpha value is -1.88. The van der Waals surface area contributed by atoms with Gasteiger partial charge in [-0.25, -0.2) is 0 Å². The number of carbonyl (C=O) groups excluding carboxylic acids is 2. The largest absolute Gasteiger partial charge is 0.351 e. The zero-order chi connectivity index (χ0) is 18.7. The number of amides is 2. The van der Waals surface area contributed by atoms with Gasteiger partial charge in [0.25, 0.3) is 0 Å². The first-order valence-corrected chi connectivity index (χ1v) is 10.5. The summed E-state index contributed by atoms with van der Waals surface area (Å²) >= 11 is 0. The van der Waals surface area contributed by atoms with Crippen LogP contribution in [0.3, 0.4) is 0 Å². The van der Waals surface area contributed by atoms with E-state index in [2.05, 4.69) is 22.8 Å². The summed E-state index contributed by atoms with van der Waals surface area (Å²) in [5.74, 6) is 0.906. The first kappa shape index (κ1) is 18.5. The maximum Gasteiger partial charge on any atom is 0.228 e. The van der Waals surface area contributed by atoms with Crippen molar-refractivity contribution >= 4 is 11.8 Å². The summed E-state index contributed by atoms with van der Waals surface area (Å²) in [7, 11) is 0. The Bertz CT molecular complexity index is 677. The average molecular weight is 370 g/mol. The number of hydrogen-bond acceptors (Lipinski definition) is 3. The Labute approximate surface area is 161 Å². The molecule has 146 valence electrons. The van der Waals surface area contributed by atoms with Gasteiger partial charge < -0.3 is 15.5 Å². The van der Waals surface area contributed by atoms with Crippen molar-refractivity contribution in [3.8, 4) is 0 Å². The summed E-state index contributed by atoms with van der Waals surface area (Å²) in [6.07, 6.45) is 6.76. The molecular weight excluding hydrogens is 338 g/mol. The fourth-order valence-electron chi connectivity index (χ4n) is 5.18. The highest BCUT2D eigenvalue weighted by molar-refractivity contribution is 5.84. The minimum atomic E-state index is -0.205. The SMILES string of the molecule is O=C(CCc1ccccc1)N1CCC(NC(=O)[C@@]23CCCC[C@H]2CNC3)C1. The van der Waals surface area contributed by atoms with Crippen molar-refractivity contribution in [3.63, 3.8) is 0 Å². The van der Waals surface area contributed by atoms with Crippen LogP contribution in [0.1, 0.15) is 44.1 Å². The lowest BCUT2D eigenvalue weighted by atomic mass is 9.67. The number of carbonyl (C=O) groups is 2. The molecule has 0 spiro atoms. The molecule has 2 N–H and O–H groups in total. The second kappa shape index (κ2) is 8.01. The van der Waals surface area contributed by atoms with Gasteiger partial charge in [0.1, 0.15) is 0 Å². The molecule has 3 aliphatic rings. The maximum atomic E-state index is 13.1. The van der Waals surface area contributed by atoms with E-state index in [1.165, 1.54) is 12.0 Å². The molecule has 3 fully saturated rings. The van der Waals surface area contributed by atoms with Gasteiger partial charge in [0.2, 0.25) is 11.8 Å². The van der Waals surface area contributed by atoms with E-state index in [4.69, 9.17) is 0 Å².